The number of hydrogen-bond donors (Lipinski definition) is 1. The van der Waals surface area contributed by atoms with Crippen LogP contribution < -0.4 is 5.32 Å². The third kappa shape index (κ3) is 2.66. The lowest BCUT2D eigenvalue weighted by atomic mass is 10.2. The molecule has 1 aromatic carbocycles. The van der Waals surface area contributed by atoms with Gasteiger partial charge in [-0.05, 0) is 20.0 Å². The molecule has 2 rings (SSSR count). The van der Waals surface area contributed by atoms with Gasteiger partial charge in [-0.25, -0.2) is 0 Å². The molecule has 1 aromatic rings. The summed E-state index contributed by atoms with van der Waals surface area (Å²) in [6, 6.07) is 7.75. The summed E-state index contributed by atoms with van der Waals surface area (Å²) in [6.45, 7) is 3.46. The van der Waals surface area contributed by atoms with E-state index >= 15 is 0 Å². The minimum Gasteiger partial charge on any atom is -0.324 e. The lowest BCUT2D eigenvalue weighted by Gasteiger charge is -2.24. The van der Waals surface area contributed by atoms with Crippen molar-refractivity contribution in [2.45, 2.75) is 17.5 Å². The molecule has 18 heavy (non-hydrogen) atoms. The first kappa shape index (κ1) is 13.7. The Kier molecular flexibility index (Phi) is 4.54. The number of nitrogens with one attached hydrogen (secondary N) is 1. The van der Waals surface area contributed by atoms with Crippen LogP contribution in [0.5, 0.6) is 0 Å². The Morgan fingerprint density at radius 1 is 1.44 bits per heavy atom. The first-order valence-corrected chi connectivity index (χ1v) is 7.32. The molecule has 1 fully saturated rings. The Bertz CT molecular complexity index is 441. The van der Waals surface area contributed by atoms with E-state index in [1.807, 2.05) is 43.1 Å². The van der Waals surface area contributed by atoms with Crippen LogP contribution in [-0.2, 0) is 4.79 Å². The highest BCUT2D eigenvalue weighted by Crippen LogP contribution is 2.44. The van der Waals surface area contributed by atoms with Gasteiger partial charge in [0.1, 0.15) is 5.37 Å². The maximum Gasteiger partial charge on any atom is 0.236 e. The summed E-state index contributed by atoms with van der Waals surface area (Å²) in [5.74, 6) is 0.195. The number of likely N-dealkylation sites (N-methyl/N-ethyl adjacent to an activating group) is 1. The summed E-state index contributed by atoms with van der Waals surface area (Å²) in [5, 5.41) is 3.85. The summed E-state index contributed by atoms with van der Waals surface area (Å²) in [4.78, 5) is 14.1. The average Bonchev–Trinajstić information content (AvgIpc) is 2.64. The van der Waals surface area contributed by atoms with Crippen molar-refractivity contribution in [1.82, 2.24) is 10.2 Å². The van der Waals surface area contributed by atoms with Crippen LogP contribution in [0.3, 0.4) is 0 Å². The monoisotopic (exact) mass is 284 g/mol. The van der Waals surface area contributed by atoms with Crippen LogP contribution in [-0.4, -0.2) is 36.2 Å². The van der Waals surface area contributed by atoms with Gasteiger partial charge in [-0.1, -0.05) is 29.8 Å². The highest BCUT2D eigenvalue weighted by molar-refractivity contribution is 8.01. The van der Waals surface area contributed by atoms with Crippen LogP contribution in [0.4, 0.5) is 0 Å². The largest absolute Gasteiger partial charge is 0.324 e. The molecule has 1 N–H and O–H groups in total. The molecule has 0 spiro atoms. The van der Waals surface area contributed by atoms with E-state index in [1.54, 1.807) is 11.8 Å². The number of nitrogens with zero attached hydrogens (tertiary/aromatic N) is 1. The van der Waals surface area contributed by atoms with Crippen molar-refractivity contribution >= 4 is 29.3 Å². The lowest BCUT2D eigenvalue weighted by molar-refractivity contribution is -0.129. The number of hydrogen-bond acceptors (Lipinski definition) is 3. The van der Waals surface area contributed by atoms with Crippen LogP contribution in [0.25, 0.3) is 0 Å². The van der Waals surface area contributed by atoms with Gasteiger partial charge < -0.3 is 10.2 Å². The summed E-state index contributed by atoms with van der Waals surface area (Å²) < 4.78 is 0. The molecular formula is C13H17ClN2OS. The first-order valence-electron chi connectivity index (χ1n) is 6.00. The molecule has 0 aliphatic carbocycles. The molecule has 0 radical (unpaired) electrons. The number of benzene rings is 1. The minimum absolute atomic E-state index is 0.00290. The van der Waals surface area contributed by atoms with Crippen LogP contribution in [0.1, 0.15) is 17.9 Å². The minimum atomic E-state index is 0.00290. The van der Waals surface area contributed by atoms with Crippen molar-refractivity contribution in [3.8, 4) is 0 Å². The van der Waals surface area contributed by atoms with Gasteiger partial charge >= 0.3 is 0 Å². The Morgan fingerprint density at radius 2 is 2.17 bits per heavy atom. The molecule has 1 aliphatic rings. The van der Waals surface area contributed by atoms with Crippen molar-refractivity contribution in [3.63, 3.8) is 0 Å². The van der Waals surface area contributed by atoms with Gasteiger partial charge in [-0.3, -0.25) is 4.79 Å². The van der Waals surface area contributed by atoms with E-state index in [-0.39, 0.29) is 16.5 Å². The van der Waals surface area contributed by atoms with E-state index in [9.17, 15) is 4.79 Å². The lowest BCUT2D eigenvalue weighted by Crippen LogP contribution is -2.35. The predicted octanol–water partition coefficient (Wildman–Crippen LogP) is 2.52. The van der Waals surface area contributed by atoms with Crippen molar-refractivity contribution in [2.24, 2.45) is 0 Å². The van der Waals surface area contributed by atoms with E-state index in [1.165, 1.54) is 0 Å². The van der Waals surface area contributed by atoms with Crippen LogP contribution in [0.2, 0.25) is 5.02 Å². The standard InChI is InChI=1S/C13H17ClN2OS/c1-9-12(17)16(8-7-15-2)13(18-9)10-5-3-4-6-11(10)14/h3-6,9,13,15H,7-8H2,1-2H3. The quantitative estimate of drug-likeness (QED) is 0.922. The fourth-order valence-corrected chi connectivity index (χ4v) is 3.70. The van der Waals surface area contributed by atoms with Crippen LogP contribution in [0, 0.1) is 0 Å². The summed E-state index contributed by atoms with van der Waals surface area (Å²) >= 11 is 7.90. The first-order chi connectivity index (χ1) is 8.65. The molecule has 1 heterocycles. The second-order valence-corrected chi connectivity index (χ2v) is 6.12. The third-order valence-corrected chi connectivity index (χ3v) is 4.74. The summed E-state index contributed by atoms with van der Waals surface area (Å²) in [5.41, 5.74) is 1.03. The van der Waals surface area contributed by atoms with Gasteiger partial charge in [0.15, 0.2) is 0 Å². The van der Waals surface area contributed by atoms with E-state index in [0.717, 1.165) is 17.1 Å². The van der Waals surface area contributed by atoms with Crippen molar-refractivity contribution in [1.29, 1.82) is 0 Å². The fraction of sp³-hybridized carbons (Fsp3) is 0.462. The Hall–Kier alpha value is -0.710. The molecule has 5 heteroatoms. The summed E-state index contributed by atoms with van der Waals surface area (Å²) in [6.07, 6.45) is 0. The molecule has 3 nitrogen and oxygen atoms in total. The molecule has 2 unspecified atom stereocenters. The van der Waals surface area contributed by atoms with Gasteiger partial charge in [-0.15, -0.1) is 11.8 Å². The fourth-order valence-electron chi connectivity index (χ4n) is 2.05. The van der Waals surface area contributed by atoms with Crippen molar-refractivity contribution in [2.75, 3.05) is 20.1 Å². The highest BCUT2D eigenvalue weighted by atomic mass is 35.5. The van der Waals surface area contributed by atoms with E-state index in [0.29, 0.717) is 6.54 Å². The second kappa shape index (κ2) is 5.95. The third-order valence-electron chi connectivity index (χ3n) is 3.02. The molecular weight excluding hydrogens is 268 g/mol. The smallest absolute Gasteiger partial charge is 0.236 e. The number of carbonyl (C=O) groups excluding carboxylic acids is 1. The zero-order chi connectivity index (χ0) is 13.1. The normalized spacial score (nSPS) is 23.7. The Labute approximate surface area is 117 Å². The maximum absolute atomic E-state index is 12.1. The number of halogens is 1. The molecule has 1 aliphatic heterocycles. The zero-order valence-electron chi connectivity index (χ0n) is 10.5. The van der Waals surface area contributed by atoms with Gasteiger partial charge in [0.2, 0.25) is 5.91 Å². The molecule has 1 saturated heterocycles. The SMILES string of the molecule is CNCCN1C(=O)C(C)SC1c1ccccc1Cl. The van der Waals surface area contributed by atoms with E-state index in [4.69, 9.17) is 11.6 Å². The second-order valence-electron chi connectivity index (χ2n) is 4.29. The summed E-state index contributed by atoms with van der Waals surface area (Å²) in [7, 11) is 1.89. The predicted molar refractivity (Wildman–Crippen MR) is 76.9 cm³/mol. The van der Waals surface area contributed by atoms with Gasteiger partial charge in [0, 0.05) is 23.7 Å². The average molecular weight is 285 g/mol. The van der Waals surface area contributed by atoms with Gasteiger partial charge in [-0.2, -0.15) is 0 Å². The van der Waals surface area contributed by atoms with Crippen molar-refractivity contribution in [3.05, 3.63) is 34.9 Å². The van der Waals surface area contributed by atoms with Gasteiger partial charge in [0.25, 0.3) is 0 Å². The van der Waals surface area contributed by atoms with E-state index in [2.05, 4.69) is 5.32 Å². The van der Waals surface area contributed by atoms with Gasteiger partial charge in [0.05, 0.1) is 5.25 Å². The number of rotatable bonds is 4. The maximum atomic E-state index is 12.1. The molecule has 0 bridgehead atoms. The van der Waals surface area contributed by atoms with Crippen molar-refractivity contribution < 1.29 is 4.79 Å². The number of amides is 1. The molecule has 2 atom stereocenters. The number of thioether (sulfide) groups is 1. The Balaban J connectivity index is 2.25. The molecule has 0 saturated carbocycles. The Morgan fingerprint density at radius 3 is 2.83 bits per heavy atom. The number of carbonyl (C=O) groups is 1. The van der Waals surface area contributed by atoms with Crippen LogP contribution >= 0.6 is 23.4 Å². The zero-order valence-corrected chi connectivity index (χ0v) is 12.1. The topological polar surface area (TPSA) is 32.3 Å². The van der Waals surface area contributed by atoms with E-state index < -0.39 is 0 Å². The molecule has 0 aromatic heterocycles. The highest BCUT2D eigenvalue weighted by Gasteiger charge is 2.38. The van der Waals surface area contributed by atoms with Crippen LogP contribution in [0.15, 0.2) is 24.3 Å². The molecule has 1 amide bonds. The molecule has 98 valence electrons.